The first-order valence-electron chi connectivity index (χ1n) is 6.24. The molecule has 0 bridgehead atoms. The van der Waals surface area contributed by atoms with Gasteiger partial charge < -0.3 is 10.3 Å². The summed E-state index contributed by atoms with van der Waals surface area (Å²) < 4.78 is 1.02. The molecule has 0 aliphatic heterocycles. The van der Waals surface area contributed by atoms with Gasteiger partial charge in [-0.25, -0.2) is 4.98 Å². The zero-order chi connectivity index (χ0) is 14.7. The van der Waals surface area contributed by atoms with Gasteiger partial charge in [-0.15, -0.1) is 0 Å². The quantitative estimate of drug-likeness (QED) is 0.423. The second-order valence-corrected chi connectivity index (χ2v) is 5.64. The third-order valence-electron chi connectivity index (χ3n) is 2.79. The molecule has 0 unspecified atom stereocenters. The number of thiocarbonyl (C=S) groups is 1. The monoisotopic (exact) mass is 361 g/mol. The van der Waals surface area contributed by atoms with E-state index in [4.69, 9.17) is 12.2 Å². The van der Waals surface area contributed by atoms with Crippen molar-refractivity contribution in [3.8, 4) is 0 Å². The van der Waals surface area contributed by atoms with Crippen molar-refractivity contribution in [3.05, 3.63) is 53.0 Å². The first kappa shape index (κ1) is 13.8. The third kappa shape index (κ3) is 3.50. The number of benzene rings is 2. The number of nitrogens with zero attached hydrogens (tertiary/aromatic N) is 1. The van der Waals surface area contributed by atoms with Crippen LogP contribution < -0.4 is 16.2 Å². The van der Waals surface area contributed by atoms with Crippen molar-refractivity contribution in [2.24, 2.45) is 0 Å². The van der Waals surface area contributed by atoms with Gasteiger partial charge in [0.05, 0.1) is 11.0 Å². The summed E-state index contributed by atoms with van der Waals surface area (Å²) in [6.07, 6.45) is 0. The maximum absolute atomic E-state index is 5.21. The number of aromatic amines is 1. The van der Waals surface area contributed by atoms with Crippen molar-refractivity contribution in [3.63, 3.8) is 0 Å². The molecule has 0 amide bonds. The van der Waals surface area contributed by atoms with Gasteiger partial charge in [-0.2, -0.15) is 0 Å². The molecule has 5 nitrogen and oxygen atoms in total. The Balaban J connectivity index is 1.59. The minimum absolute atomic E-state index is 0.456. The number of imidazole rings is 1. The lowest BCUT2D eigenvalue weighted by atomic mass is 10.3. The lowest BCUT2D eigenvalue weighted by molar-refractivity contribution is 1.08. The summed E-state index contributed by atoms with van der Waals surface area (Å²) in [4.78, 5) is 7.52. The number of para-hydroxylation sites is 2. The zero-order valence-corrected chi connectivity index (χ0v) is 13.3. The Morgan fingerprint density at radius 2 is 1.86 bits per heavy atom. The van der Waals surface area contributed by atoms with E-state index in [2.05, 4.69) is 42.1 Å². The van der Waals surface area contributed by atoms with Gasteiger partial charge in [-0.05, 0) is 48.6 Å². The van der Waals surface area contributed by atoms with E-state index in [0.717, 1.165) is 21.2 Å². The van der Waals surface area contributed by atoms with Gasteiger partial charge in [0.2, 0.25) is 5.95 Å². The Morgan fingerprint density at radius 1 is 1.10 bits per heavy atom. The largest absolute Gasteiger partial charge is 0.331 e. The van der Waals surface area contributed by atoms with Gasteiger partial charge in [0.25, 0.3) is 0 Å². The molecule has 0 aliphatic rings. The summed E-state index contributed by atoms with van der Waals surface area (Å²) in [6, 6.07) is 15.5. The Kier molecular flexibility index (Phi) is 4.03. The molecule has 0 fully saturated rings. The second kappa shape index (κ2) is 6.11. The van der Waals surface area contributed by atoms with Gasteiger partial charge >= 0.3 is 0 Å². The molecule has 3 rings (SSSR count). The number of nitrogens with one attached hydrogen (secondary N) is 4. The number of aromatic nitrogens is 2. The lowest BCUT2D eigenvalue weighted by Crippen LogP contribution is -2.33. The molecule has 0 radical (unpaired) electrons. The number of fused-ring (bicyclic) bond motifs is 1. The summed E-state index contributed by atoms with van der Waals surface area (Å²) in [7, 11) is 0. The van der Waals surface area contributed by atoms with E-state index in [1.54, 1.807) is 0 Å². The van der Waals surface area contributed by atoms with Crippen molar-refractivity contribution in [1.82, 2.24) is 15.4 Å². The van der Waals surface area contributed by atoms with E-state index < -0.39 is 0 Å². The van der Waals surface area contributed by atoms with Crippen LogP contribution in [0.1, 0.15) is 0 Å². The fraction of sp³-hybridized carbons (Fsp3) is 0. The Hall–Kier alpha value is -2.12. The Morgan fingerprint density at radius 3 is 2.62 bits per heavy atom. The summed E-state index contributed by atoms with van der Waals surface area (Å²) in [5.41, 5.74) is 8.59. The number of rotatable bonds is 3. The fourth-order valence-corrected chi connectivity index (χ4v) is 2.26. The van der Waals surface area contributed by atoms with Crippen molar-refractivity contribution < 1.29 is 0 Å². The highest BCUT2D eigenvalue weighted by Crippen LogP contribution is 2.14. The molecule has 3 aromatic rings. The van der Waals surface area contributed by atoms with E-state index in [1.165, 1.54) is 0 Å². The predicted molar refractivity (Wildman–Crippen MR) is 93.2 cm³/mol. The molecule has 4 N–H and O–H groups in total. The summed E-state index contributed by atoms with van der Waals surface area (Å²) in [5, 5.41) is 3.52. The second-order valence-electron chi connectivity index (χ2n) is 4.31. The molecule has 0 spiro atoms. The smallest absolute Gasteiger partial charge is 0.220 e. The van der Waals surface area contributed by atoms with Gasteiger partial charge in [-0.1, -0.05) is 28.1 Å². The van der Waals surface area contributed by atoms with E-state index in [9.17, 15) is 0 Å². The van der Waals surface area contributed by atoms with Crippen LogP contribution in [0.25, 0.3) is 11.0 Å². The molecule has 0 aliphatic carbocycles. The Bertz CT molecular complexity index is 735. The lowest BCUT2D eigenvalue weighted by Gasteiger charge is -2.10. The highest BCUT2D eigenvalue weighted by molar-refractivity contribution is 9.10. The first-order chi connectivity index (χ1) is 10.2. The maximum Gasteiger partial charge on any atom is 0.220 e. The first-order valence-corrected chi connectivity index (χ1v) is 7.44. The van der Waals surface area contributed by atoms with Crippen molar-refractivity contribution >= 4 is 55.9 Å². The topological polar surface area (TPSA) is 64.8 Å². The molecule has 0 saturated carbocycles. The van der Waals surface area contributed by atoms with Crippen LogP contribution in [0, 0.1) is 0 Å². The highest BCUT2D eigenvalue weighted by Gasteiger charge is 2.02. The molecule has 0 atom stereocenters. The molecule has 1 heterocycles. The molecule has 106 valence electrons. The van der Waals surface area contributed by atoms with Crippen LogP contribution in [0.4, 0.5) is 11.6 Å². The third-order valence-corrected chi connectivity index (χ3v) is 3.52. The number of hydrazine groups is 1. The minimum Gasteiger partial charge on any atom is -0.331 e. The van der Waals surface area contributed by atoms with Crippen LogP contribution in [-0.4, -0.2) is 15.1 Å². The number of anilines is 2. The van der Waals surface area contributed by atoms with E-state index in [-0.39, 0.29) is 0 Å². The maximum atomic E-state index is 5.21. The minimum atomic E-state index is 0.456. The van der Waals surface area contributed by atoms with E-state index >= 15 is 0 Å². The average molecular weight is 362 g/mol. The van der Waals surface area contributed by atoms with Crippen molar-refractivity contribution in [2.45, 2.75) is 0 Å². The van der Waals surface area contributed by atoms with E-state index in [1.807, 2.05) is 48.5 Å². The molecular formula is C14H12BrN5S. The molecule has 1 aromatic heterocycles. The summed E-state index contributed by atoms with van der Waals surface area (Å²) in [5.74, 6) is 0.608. The standard InChI is InChI=1S/C14H12BrN5S/c15-9-5-7-10(8-6-9)16-14(21)20-19-13-17-11-3-1-2-4-12(11)18-13/h1-8H,(H2,16,20,21)(H2,17,18,19). The highest BCUT2D eigenvalue weighted by atomic mass is 79.9. The van der Waals surface area contributed by atoms with Crippen LogP contribution in [0.15, 0.2) is 53.0 Å². The van der Waals surface area contributed by atoms with Gasteiger partial charge in [0.15, 0.2) is 5.11 Å². The summed E-state index contributed by atoms with van der Waals surface area (Å²) >= 11 is 8.60. The van der Waals surface area contributed by atoms with Crippen molar-refractivity contribution in [2.75, 3.05) is 10.7 Å². The molecule has 0 saturated heterocycles. The molecule has 21 heavy (non-hydrogen) atoms. The van der Waals surface area contributed by atoms with Gasteiger partial charge in [0, 0.05) is 10.2 Å². The predicted octanol–water partition coefficient (Wildman–Crippen LogP) is 3.64. The number of H-pyrrole nitrogens is 1. The van der Waals surface area contributed by atoms with Gasteiger partial charge in [-0.3, -0.25) is 10.9 Å². The average Bonchev–Trinajstić information content (AvgIpc) is 2.90. The van der Waals surface area contributed by atoms with Crippen LogP contribution in [0.5, 0.6) is 0 Å². The SMILES string of the molecule is S=C(NNc1nc2ccccc2[nH]1)Nc1ccc(Br)cc1. The Labute approximate surface area is 135 Å². The summed E-state index contributed by atoms with van der Waals surface area (Å²) in [6.45, 7) is 0. The fourth-order valence-electron chi connectivity index (χ4n) is 1.82. The van der Waals surface area contributed by atoms with Crippen molar-refractivity contribution in [1.29, 1.82) is 0 Å². The molecular weight excluding hydrogens is 350 g/mol. The van der Waals surface area contributed by atoms with Crippen LogP contribution in [0.2, 0.25) is 0 Å². The number of hydrogen-bond acceptors (Lipinski definition) is 3. The normalized spacial score (nSPS) is 10.3. The molecule has 7 heteroatoms. The van der Waals surface area contributed by atoms with Crippen LogP contribution in [-0.2, 0) is 0 Å². The van der Waals surface area contributed by atoms with E-state index in [0.29, 0.717) is 11.1 Å². The zero-order valence-electron chi connectivity index (χ0n) is 10.9. The number of halogens is 1. The van der Waals surface area contributed by atoms with Crippen LogP contribution in [0.3, 0.4) is 0 Å². The molecule has 2 aromatic carbocycles. The van der Waals surface area contributed by atoms with Gasteiger partial charge in [0.1, 0.15) is 0 Å². The van der Waals surface area contributed by atoms with Crippen LogP contribution >= 0.6 is 28.1 Å². The number of hydrogen-bond donors (Lipinski definition) is 4.